The largest absolute Gasteiger partial charge is 0.762 e. The molecule has 0 aliphatic carbocycles. The Morgan fingerprint density at radius 2 is 1.43 bits per heavy atom. The summed E-state index contributed by atoms with van der Waals surface area (Å²) in [4.78, 5) is 8.81. The smallest absolute Gasteiger partial charge is 0.304 e. The molecule has 0 aliphatic rings. The molecule has 0 aromatic heterocycles. The Balaban J connectivity index is 0. The fourth-order valence-electron chi connectivity index (χ4n) is 0. The van der Waals surface area contributed by atoms with Crippen LogP contribution in [0.15, 0.2) is 0 Å². The number of carbonyl (C=O) groups is 1. The SMILES string of the molecule is CC=O.FB(F)F. The molecule has 0 aliphatic heterocycles. The number of halogens is 3. The van der Waals surface area contributed by atoms with Gasteiger partial charge in [0.05, 0.1) is 0 Å². The van der Waals surface area contributed by atoms with E-state index in [1.807, 2.05) is 0 Å². The first-order chi connectivity index (χ1) is 3.15. The molecule has 0 aromatic rings. The quantitative estimate of drug-likeness (QED) is 0.338. The van der Waals surface area contributed by atoms with Crippen LogP contribution in [0.2, 0.25) is 0 Å². The highest BCUT2D eigenvalue weighted by Crippen LogP contribution is 1.80. The minimum absolute atomic E-state index is 0.750. The molecule has 1 nitrogen and oxygen atoms in total. The van der Waals surface area contributed by atoms with Crippen LogP contribution >= 0.6 is 0 Å². The van der Waals surface area contributed by atoms with Crippen molar-refractivity contribution < 1.29 is 17.7 Å². The molecular formula is C2H4BF3O. The van der Waals surface area contributed by atoms with E-state index >= 15 is 0 Å². The molecule has 0 rings (SSSR count). The number of hydrogen-bond acceptors (Lipinski definition) is 1. The van der Waals surface area contributed by atoms with Crippen LogP contribution < -0.4 is 0 Å². The van der Waals surface area contributed by atoms with Gasteiger partial charge in [-0.3, -0.25) is 12.9 Å². The predicted octanol–water partition coefficient (Wildman–Crippen LogP) is 1.08. The molecule has 0 saturated heterocycles. The lowest BCUT2D eigenvalue weighted by atomic mass is 10.5. The number of rotatable bonds is 0. The van der Waals surface area contributed by atoms with Gasteiger partial charge in [0.25, 0.3) is 0 Å². The van der Waals surface area contributed by atoms with E-state index in [1.54, 1.807) is 0 Å². The van der Waals surface area contributed by atoms with E-state index in [0.29, 0.717) is 0 Å². The summed E-state index contributed by atoms with van der Waals surface area (Å²) in [6.45, 7) is 1.44. The summed E-state index contributed by atoms with van der Waals surface area (Å²) in [7, 11) is -3.67. The Morgan fingerprint density at radius 3 is 1.43 bits per heavy atom. The third-order valence-corrected chi connectivity index (χ3v) is 0. The van der Waals surface area contributed by atoms with Crippen molar-refractivity contribution in [3.8, 4) is 0 Å². The second-order valence-electron chi connectivity index (χ2n) is 0.483. The Kier molecular flexibility index (Phi) is 12.7. The maximum absolute atomic E-state index is 9.67. The Bertz CT molecular complexity index is 37.2. The minimum Gasteiger partial charge on any atom is -0.304 e. The highest BCUT2D eigenvalue weighted by atomic mass is 19.4. The summed E-state index contributed by atoms with van der Waals surface area (Å²) < 4.78 is 29.0. The average molecular weight is 112 g/mol. The summed E-state index contributed by atoms with van der Waals surface area (Å²) in [5, 5.41) is 0. The van der Waals surface area contributed by atoms with E-state index in [4.69, 9.17) is 4.79 Å². The molecule has 0 heterocycles. The van der Waals surface area contributed by atoms with Crippen LogP contribution in [0, 0.1) is 0 Å². The van der Waals surface area contributed by atoms with Crippen molar-refractivity contribution in [2.75, 3.05) is 0 Å². The molecule has 5 heteroatoms. The van der Waals surface area contributed by atoms with E-state index < -0.39 is 7.54 Å². The summed E-state index contributed by atoms with van der Waals surface area (Å²) in [6.07, 6.45) is 0.750. The lowest BCUT2D eigenvalue weighted by Crippen LogP contribution is -1.76. The maximum Gasteiger partial charge on any atom is 0.762 e. The Morgan fingerprint density at radius 1 is 1.43 bits per heavy atom. The standard InChI is InChI=1S/C2H4O.BF3/c1-2-3;2-1(3)4/h2H,1H3;. The first-order valence-electron chi connectivity index (χ1n) is 1.47. The van der Waals surface area contributed by atoms with Gasteiger partial charge in [-0.2, -0.15) is 0 Å². The third-order valence-electron chi connectivity index (χ3n) is 0. The van der Waals surface area contributed by atoms with Crippen molar-refractivity contribution in [2.24, 2.45) is 0 Å². The van der Waals surface area contributed by atoms with Crippen LogP contribution in [-0.4, -0.2) is 13.8 Å². The molecule has 0 amide bonds. The van der Waals surface area contributed by atoms with E-state index in [0.717, 1.165) is 6.29 Å². The van der Waals surface area contributed by atoms with E-state index in [-0.39, 0.29) is 0 Å². The van der Waals surface area contributed by atoms with Gasteiger partial charge in [-0.25, -0.2) is 0 Å². The molecule has 42 valence electrons. The number of hydrogen-bond donors (Lipinski definition) is 0. The van der Waals surface area contributed by atoms with Gasteiger partial charge in [0, 0.05) is 0 Å². The molecule has 0 fully saturated rings. The molecule has 7 heavy (non-hydrogen) atoms. The van der Waals surface area contributed by atoms with Crippen LogP contribution in [0.3, 0.4) is 0 Å². The van der Waals surface area contributed by atoms with Gasteiger partial charge >= 0.3 is 7.54 Å². The van der Waals surface area contributed by atoms with E-state index in [2.05, 4.69) is 0 Å². The van der Waals surface area contributed by atoms with Crippen molar-refractivity contribution in [1.82, 2.24) is 0 Å². The second-order valence-corrected chi connectivity index (χ2v) is 0.483. The van der Waals surface area contributed by atoms with Crippen molar-refractivity contribution in [3.63, 3.8) is 0 Å². The summed E-state index contributed by atoms with van der Waals surface area (Å²) in [5.74, 6) is 0. The van der Waals surface area contributed by atoms with Gasteiger partial charge in [0.2, 0.25) is 0 Å². The molecule has 0 N–H and O–H groups in total. The zero-order valence-corrected chi connectivity index (χ0v) is 3.70. The molecule has 0 radical (unpaired) electrons. The molecular weight excluding hydrogens is 108 g/mol. The van der Waals surface area contributed by atoms with Gasteiger partial charge in [0.15, 0.2) is 0 Å². The summed E-state index contributed by atoms with van der Waals surface area (Å²) >= 11 is 0. The van der Waals surface area contributed by atoms with Gasteiger partial charge in [-0.05, 0) is 6.92 Å². The molecule has 0 aromatic carbocycles. The lowest BCUT2D eigenvalue weighted by Gasteiger charge is -1.55. The first-order valence-corrected chi connectivity index (χ1v) is 1.47. The minimum atomic E-state index is -3.67. The number of aldehydes is 1. The van der Waals surface area contributed by atoms with Crippen molar-refractivity contribution in [2.45, 2.75) is 6.92 Å². The van der Waals surface area contributed by atoms with E-state index in [9.17, 15) is 12.9 Å². The van der Waals surface area contributed by atoms with Crippen molar-refractivity contribution in [1.29, 1.82) is 0 Å². The zero-order chi connectivity index (χ0) is 6.28. The van der Waals surface area contributed by atoms with Crippen LogP contribution in [0.25, 0.3) is 0 Å². The highest BCUT2D eigenvalue weighted by molar-refractivity contribution is 6.33. The van der Waals surface area contributed by atoms with Gasteiger partial charge in [0.1, 0.15) is 6.29 Å². The lowest BCUT2D eigenvalue weighted by molar-refractivity contribution is -0.106. The molecule has 0 spiro atoms. The van der Waals surface area contributed by atoms with Crippen LogP contribution in [-0.2, 0) is 4.79 Å². The van der Waals surface area contributed by atoms with Crippen LogP contribution in [0.1, 0.15) is 6.92 Å². The average Bonchev–Trinajstić information content (AvgIpc) is 1.33. The normalized spacial score (nSPS) is 5.71. The van der Waals surface area contributed by atoms with Crippen molar-refractivity contribution >= 4 is 13.8 Å². The zero-order valence-electron chi connectivity index (χ0n) is 3.70. The number of carbonyl (C=O) groups excluding carboxylic acids is 1. The van der Waals surface area contributed by atoms with Gasteiger partial charge in [-0.15, -0.1) is 0 Å². The first kappa shape index (κ1) is 9.73. The monoisotopic (exact) mass is 112 g/mol. The molecule has 0 bridgehead atoms. The topological polar surface area (TPSA) is 17.1 Å². The van der Waals surface area contributed by atoms with Gasteiger partial charge < -0.3 is 4.79 Å². The molecule has 0 unspecified atom stereocenters. The fourth-order valence-corrected chi connectivity index (χ4v) is 0. The Hall–Kier alpha value is -0.475. The highest BCUT2D eigenvalue weighted by Gasteiger charge is 2.06. The second kappa shape index (κ2) is 9.10. The summed E-state index contributed by atoms with van der Waals surface area (Å²) in [6, 6.07) is 0. The fraction of sp³-hybridized carbons (Fsp3) is 0.500. The molecule has 0 saturated carbocycles. The van der Waals surface area contributed by atoms with Gasteiger partial charge in [-0.1, -0.05) is 0 Å². The predicted molar refractivity (Wildman–Crippen MR) is 20.8 cm³/mol. The maximum atomic E-state index is 9.67. The van der Waals surface area contributed by atoms with Crippen LogP contribution in [0.5, 0.6) is 0 Å². The third kappa shape index (κ3) is 304. The molecule has 0 atom stereocenters. The van der Waals surface area contributed by atoms with Crippen LogP contribution in [0.4, 0.5) is 12.9 Å². The van der Waals surface area contributed by atoms with Crippen molar-refractivity contribution in [3.05, 3.63) is 0 Å². The summed E-state index contributed by atoms with van der Waals surface area (Å²) in [5.41, 5.74) is 0. The Labute approximate surface area is 39.7 Å². The van der Waals surface area contributed by atoms with E-state index in [1.165, 1.54) is 6.92 Å².